The van der Waals surface area contributed by atoms with Crippen LogP contribution in [-0.2, 0) is 6.42 Å². The Hall–Kier alpha value is -2.89. The van der Waals surface area contributed by atoms with E-state index in [-0.39, 0.29) is 6.03 Å². The van der Waals surface area contributed by atoms with Crippen molar-refractivity contribution in [2.24, 2.45) is 0 Å². The van der Waals surface area contributed by atoms with E-state index in [1.54, 1.807) is 14.2 Å². The number of piperazine rings is 1. The molecule has 0 radical (unpaired) electrons. The fourth-order valence-electron chi connectivity index (χ4n) is 3.58. The number of ether oxygens (including phenoxy) is 2. The van der Waals surface area contributed by atoms with E-state index < -0.39 is 0 Å². The quantitative estimate of drug-likeness (QED) is 0.850. The maximum absolute atomic E-state index is 12.8. The Balaban J connectivity index is 1.67. The van der Waals surface area contributed by atoms with E-state index in [1.165, 1.54) is 0 Å². The van der Waals surface area contributed by atoms with Crippen LogP contribution in [0.2, 0.25) is 0 Å². The van der Waals surface area contributed by atoms with Crippen molar-refractivity contribution in [1.29, 1.82) is 0 Å². The van der Waals surface area contributed by atoms with Gasteiger partial charge in [-0.2, -0.15) is 0 Å². The van der Waals surface area contributed by atoms with Crippen LogP contribution in [0.15, 0.2) is 36.4 Å². The van der Waals surface area contributed by atoms with Gasteiger partial charge >= 0.3 is 6.03 Å². The Kier molecular flexibility index (Phi) is 6.29. The van der Waals surface area contributed by atoms with Crippen LogP contribution in [0, 0.1) is 6.92 Å². The smallest absolute Gasteiger partial charge is 0.321 e. The van der Waals surface area contributed by atoms with Crippen LogP contribution in [0.1, 0.15) is 18.1 Å². The van der Waals surface area contributed by atoms with Gasteiger partial charge in [-0.1, -0.05) is 25.1 Å². The Morgan fingerprint density at radius 3 is 2.46 bits per heavy atom. The SMILES string of the molecule is CCc1cccc(C)c1NC(=O)N1CCN(c2cc(OC)ccc2OC)CC1. The summed E-state index contributed by atoms with van der Waals surface area (Å²) in [6, 6.07) is 11.9. The molecule has 1 aliphatic heterocycles. The van der Waals surface area contributed by atoms with Gasteiger partial charge < -0.3 is 24.6 Å². The molecule has 28 heavy (non-hydrogen) atoms. The molecule has 0 aromatic heterocycles. The first-order chi connectivity index (χ1) is 13.6. The normalized spacial score (nSPS) is 14.0. The summed E-state index contributed by atoms with van der Waals surface area (Å²) in [5.41, 5.74) is 4.18. The monoisotopic (exact) mass is 383 g/mol. The summed E-state index contributed by atoms with van der Waals surface area (Å²) in [7, 11) is 3.33. The first kappa shape index (κ1) is 19.9. The highest BCUT2D eigenvalue weighted by Crippen LogP contribution is 2.33. The maximum atomic E-state index is 12.8. The Morgan fingerprint density at radius 2 is 1.82 bits per heavy atom. The van der Waals surface area contributed by atoms with Crippen LogP contribution in [0.5, 0.6) is 11.5 Å². The number of methoxy groups -OCH3 is 2. The molecule has 0 atom stereocenters. The summed E-state index contributed by atoms with van der Waals surface area (Å²) in [5, 5.41) is 3.12. The third kappa shape index (κ3) is 4.16. The standard InChI is InChI=1S/C22H29N3O3/c1-5-17-8-6-7-16(2)21(17)23-22(26)25-13-11-24(12-14-25)19-15-18(27-3)9-10-20(19)28-4/h6-10,15H,5,11-14H2,1-4H3,(H,23,26). The maximum Gasteiger partial charge on any atom is 0.321 e. The summed E-state index contributed by atoms with van der Waals surface area (Å²) >= 11 is 0. The molecule has 0 unspecified atom stereocenters. The molecule has 6 nitrogen and oxygen atoms in total. The molecule has 0 saturated carbocycles. The van der Waals surface area contributed by atoms with E-state index in [9.17, 15) is 4.79 Å². The molecule has 0 spiro atoms. The van der Waals surface area contributed by atoms with E-state index >= 15 is 0 Å². The van der Waals surface area contributed by atoms with Crippen LogP contribution in [-0.4, -0.2) is 51.3 Å². The zero-order valence-electron chi connectivity index (χ0n) is 17.1. The predicted octanol–water partition coefficient (Wildman–Crippen LogP) is 3.93. The van der Waals surface area contributed by atoms with E-state index in [2.05, 4.69) is 23.2 Å². The predicted molar refractivity (Wildman–Crippen MR) is 113 cm³/mol. The van der Waals surface area contributed by atoms with Gasteiger partial charge in [-0.25, -0.2) is 4.79 Å². The van der Waals surface area contributed by atoms with Gasteiger partial charge in [-0.15, -0.1) is 0 Å². The zero-order chi connectivity index (χ0) is 20.1. The third-order valence-corrected chi connectivity index (χ3v) is 5.27. The molecular weight excluding hydrogens is 354 g/mol. The van der Waals surface area contributed by atoms with E-state index in [1.807, 2.05) is 42.2 Å². The number of para-hydroxylation sites is 1. The molecule has 1 saturated heterocycles. The van der Waals surface area contributed by atoms with Crippen molar-refractivity contribution in [2.75, 3.05) is 50.6 Å². The number of urea groups is 1. The summed E-state index contributed by atoms with van der Waals surface area (Å²) in [5.74, 6) is 1.61. The molecular formula is C22H29N3O3. The number of carbonyl (C=O) groups excluding carboxylic acids is 1. The van der Waals surface area contributed by atoms with Crippen LogP contribution < -0.4 is 19.7 Å². The summed E-state index contributed by atoms with van der Waals surface area (Å²) in [6.07, 6.45) is 0.890. The third-order valence-electron chi connectivity index (χ3n) is 5.27. The first-order valence-electron chi connectivity index (χ1n) is 9.68. The van der Waals surface area contributed by atoms with Gasteiger partial charge in [-0.3, -0.25) is 0 Å². The molecule has 2 amide bonds. The molecule has 1 N–H and O–H groups in total. The minimum absolute atomic E-state index is 0.0405. The van der Waals surface area contributed by atoms with E-state index in [0.29, 0.717) is 13.1 Å². The van der Waals surface area contributed by atoms with Gasteiger partial charge in [0, 0.05) is 37.9 Å². The topological polar surface area (TPSA) is 54.0 Å². The molecule has 1 aliphatic rings. The van der Waals surface area contributed by atoms with Crippen LogP contribution in [0.3, 0.4) is 0 Å². The number of hydrogen-bond donors (Lipinski definition) is 1. The number of benzene rings is 2. The number of rotatable bonds is 5. The van der Waals surface area contributed by atoms with Crippen LogP contribution in [0.4, 0.5) is 16.2 Å². The minimum Gasteiger partial charge on any atom is -0.497 e. The van der Waals surface area contributed by atoms with Crippen molar-refractivity contribution >= 4 is 17.4 Å². The molecule has 6 heteroatoms. The van der Waals surface area contributed by atoms with Gasteiger partial charge in [0.15, 0.2) is 0 Å². The number of anilines is 2. The number of aryl methyl sites for hydroxylation is 2. The fourth-order valence-corrected chi connectivity index (χ4v) is 3.58. The fraction of sp³-hybridized carbons (Fsp3) is 0.409. The van der Waals surface area contributed by atoms with Gasteiger partial charge in [0.05, 0.1) is 19.9 Å². The Morgan fingerprint density at radius 1 is 1.07 bits per heavy atom. The number of nitrogens with zero attached hydrogens (tertiary/aromatic N) is 2. The highest BCUT2D eigenvalue weighted by molar-refractivity contribution is 5.91. The second-order valence-corrected chi connectivity index (χ2v) is 6.90. The second kappa shape index (κ2) is 8.87. The lowest BCUT2D eigenvalue weighted by atomic mass is 10.1. The van der Waals surface area contributed by atoms with Crippen LogP contribution >= 0.6 is 0 Å². The summed E-state index contributed by atoms with van der Waals surface area (Å²) < 4.78 is 10.8. The van der Waals surface area contributed by atoms with E-state index in [0.717, 1.165) is 53.5 Å². The number of nitrogens with one attached hydrogen (secondary N) is 1. The molecule has 2 aromatic carbocycles. The largest absolute Gasteiger partial charge is 0.497 e. The van der Waals surface area contributed by atoms with Crippen molar-refractivity contribution in [3.05, 3.63) is 47.5 Å². The van der Waals surface area contributed by atoms with Crippen molar-refractivity contribution in [2.45, 2.75) is 20.3 Å². The van der Waals surface area contributed by atoms with Gasteiger partial charge in [-0.05, 0) is 36.6 Å². The zero-order valence-corrected chi connectivity index (χ0v) is 17.1. The first-order valence-corrected chi connectivity index (χ1v) is 9.68. The van der Waals surface area contributed by atoms with Gasteiger partial charge in [0.25, 0.3) is 0 Å². The van der Waals surface area contributed by atoms with E-state index in [4.69, 9.17) is 9.47 Å². The molecule has 2 aromatic rings. The van der Waals surface area contributed by atoms with Gasteiger partial charge in [0.2, 0.25) is 0 Å². The Bertz CT molecular complexity index is 830. The average molecular weight is 383 g/mol. The average Bonchev–Trinajstić information content (AvgIpc) is 2.74. The van der Waals surface area contributed by atoms with Crippen molar-refractivity contribution < 1.29 is 14.3 Å². The van der Waals surface area contributed by atoms with Crippen LogP contribution in [0.25, 0.3) is 0 Å². The molecule has 0 bridgehead atoms. The molecule has 150 valence electrons. The molecule has 0 aliphatic carbocycles. The Labute approximate surface area is 167 Å². The lowest BCUT2D eigenvalue weighted by Crippen LogP contribution is -2.50. The van der Waals surface area contributed by atoms with Gasteiger partial charge in [0.1, 0.15) is 11.5 Å². The highest BCUT2D eigenvalue weighted by atomic mass is 16.5. The number of amides is 2. The van der Waals surface area contributed by atoms with Crippen molar-refractivity contribution in [3.63, 3.8) is 0 Å². The van der Waals surface area contributed by atoms with Crippen molar-refractivity contribution in [1.82, 2.24) is 4.90 Å². The summed E-state index contributed by atoms with van der Waals surface area (Å²) in [6.45, 7) is 6.92. The minimum atomic E-state index is -0.0405. The lowest BCUT2D eigenvalue weighted by Gasteiger charge is -2.36. The van der Waals surface area contributed by atoms with Crippen molar-refractivity contribution in [3.8, 4) is 11.5 Å². The lowest BCUT2D eigenvalue weighted by molar-refractivity contribution is 0.208. The number of hydrogen-bond acceptors (Lipinski definition) is 4. The number of carbonyl (C=O) groups is 1. The second-order valence-electron chi connectivity index (χ2n) is 6.90. The highest BCUT2D eigenvalue weighted by Gasteiger charge is 2.24. The molecule has 3 rings (SSSR count). The summed E-state index contributed by atoms with van der Waals surface area (Å²) in [4.78, 5) is 16.9. The molecule has 1 fully saturated rings. The molecule has 1 heterocycles.